The van der Waals surface area contributed by atoms with E-state index < -0.39 is 20.1 Å². The number of halogens is 3. The van der Waals surface area contributed by atoms with Crippen LogP contribution in [0.5, 0.6) is 0 Å². The maximum absolute atomic E-state index is 12.8. The van der Waals surface area contributed by atoms with E-state index in [0.29, 0.717) is 25.9 Å². The summed E-state index contributed by atoms with van der Waals surface area (Å²) in [4.78, 5) is 24.1. The minimum absolute atomic E-state index is 0.000295. The Hall–Kier alpha value is -1.68. The van der Waals surface area contributed by atoms with E-state index in [1.807, 2.05) is 9.80 Å². The van der Waals surface area contributed by atoms with Gasteiger partial charge in [-0.3, -0.25) is 4.79 Å². The number of amides is 1. The van der Waals surface area contributed by atoms with E-state index >= 15 is 0 Å². The number of rotatable bonds is 4. The number of alkyl halides is 3. The van der Waals surface area contributed by atoms with Crippen molar-refractivity contribution < 1.29 is 22.4 Å². The van der Waals surface area contributed by atoms with Crippen molar-refractivity contribution >= 4 is 20.2 Å². The zero-order chi connectivity index (χ0) is 22.3. The van der Waals surface area contributed by atoms with Crippen LogP contribution in [0.3, 0.4) is 0 Å². The Bertz CT molecular complexity index is 765. The highest BCUT2D eigenvalue weighted by Gasteiger charge is 2.45. The zero-order valence-electron chi connectivity index (χ0n) is 18.3. The van der Waals surface area contributed by atoms with Crippen LogP contribution in [0, 0.1) is 0 Å². The molecule has 168 valence electrons. The van der Waals surface area contributed by atoms with Crippen molar-refractivity contribution in [1.82, 2.24) is 14.9 Å². The molecule has 6 nitrogen and oxygen atoms in total. The summed E-state index contributed by atoms with van der Waals surface area (Å²) in [6, 6.07) is -0.0279. The van der Waals surface area contributed by atoms with Crippen LogP contribution >= 0.6 is 0 Å². The normalized spacial score (nSPS) is 23.9. The lowest BCUT2D eigenvalue weighted by Gasteiger charge is -2.47. The van der Waals surface area contributed by atoms with Crippen LogP contribution in [0.2, 0.25) is 18.1 Å². The van der Waals surface area contributed by atoms with Crippen LogP contribution in [-0.4, -0.2) is 60.9 Å². The third-order valence-electron chi connectivity index (χ3n) is 6.54. The monoisotopic (exact) mass is 444 g/mol. The Morgan fingerprint density at radius 2 is 1.77 bits per heavy atom. The van der Waals surface area contributed by atoms with Crippen molar-refractivity contribution in [1.29, 1.82) is 0 Å². The lowest BCUT2D eigenvalue weighted by atomic mass is 10.0. The van der Waals surface area contributed by atoms with Gasteiger partial charge in [-0.25, -0.2) is 9.97 Å². The van der Waals surface area contributed by atoms with Gasteiger partial charge in [0.1, 0.15) is 0 Å². The second kappa shape index (κ2) is 8.10. The van der Waals surface area contributed by atoms with E-state index in [-0.39, 0.29) is 29.0 Å². The van der Waals surface area contributed by atoms with E-state index in [2.05, 4.69) is 43.8 Å². The molecule has 3 heterocycles. The fraction of sp³-hybridized carbons (Fsp3) is 0.750. The molecule has 1 amide bonds. The van der Waals surface area contributed by atoms with Gasteiger partial charge in [0.25, 0.3) is 0 Å². The molecule has 0 bridgehead atoms. The highest BCUT2D eigenvalue weighted by Crippen LogP contribution is 2.39. The van der Waals surface area contributed by atoms with Crippen LogP contribution in [0.1, 0.15) is 45.6 Å². The van der Waals surface area contributed by atoms with Crippen LogP contribution in [-0.2, 0) is 15.4 Å². The standard InChI is InChI=1S/C20H31F3N4O2Si/c1-19(2,3)30(4,5)29-16-13-26(10-8-15(16)27-9-6-7-17(27)28)18-24-11-14(12-25-18)20(21,22)23/h11-12,15-16H,6-10,13H2,1-5H3/t15-,16-/m1/s1. The van der Waals surface area contributed by atoms with Gasteiger partial charge in [-0.05, 0) is 31.0 Å². The predicted molar refractivity (Wildman–Crippen MR) is 111 cm³/mol. The van der Waals surface area contributed by atoms with Gasteiger partial charge in [0.05, 0.1) is 17.7 Å². The first-order valence-corrected chi connectivity index (χ1v) is 13.3. The number of hydrogen-bond donors (Lipinski definition) is 0. The fourth-order valence-corrected chi connectivity index (χ4v) is 5.11. The molecule has 0 aromatic carbocycles. The maximum Gasteiger partial charge on any atom is 0.419 e. The molecule has 0 radical (unpaired) electrons. The Morgan fingerprint density at radius 3 is 2.27 bits per heavy atom. The highest BCUT2D eigenvalue weighted by molar-refractivity contribution is 6.74. The molecular weight excluding hydrogens is 413 g/mol. The number of carbonyl (C=O) groups excluding carboxylic acids is 1. The van der Waals surface area contributed by atoms with E-state index in [9.17, 15) is 18.0 Å². The number of piperidine rings is 1. The number of hydrogen-bond acceptors (Lipinski definition) is 5. The molecule has 0 spiro atoms. The van der Waals surface area contributed by atoms with E-state index in [4.69, 9.17) is 4.43 Å². The average molecular weight is 445 g/mol. The van der Waals surface area contributed by atoms with Crippen molar-refractivity contribution in [3.8, 4) is 0 Å². The minimum Gasteiger partial charge on any atom is -0.410 e. The van der Waals surface area contributed by atoms with Gasteiger partial charge in [0, 0.05) is 38.4 Å². The van der Waals surface area contributed by atoms with Crippen molar-refractivity contribution in [3.05, 3.63) is 18.0 Å². The Balaban J connectivity index is 1.82. The largest absolute Gasteiger partial charge is 0.419 e. The Morgan fingerprint density at radius 1 is 1.13 bits per heavy atom. The number of nitrogens with zero attached hydrogens (tertiary/aromatic N) is 4. The molecule has 2 aliphatic heterocycles. The molecule has 10 heteroatoms. The highest BCUT2D eigenvalue weighted by atomic mass is 28.4. The lowest BCUT2D eigenvalue weighted by Crippen LogP contribution is -2.59. The lowest BCUT2D eigenvalue weighted by molar-refractivity contribution is -0.138. The first-order valence-electron chi connectivity index (χ1n) is 10.4. The van der Waals surface area contributed by atoms with Crippen molar-refractivity contribution in [2.45, 2.75) is 76.5 Å². The second-order valence-corrected chi connectivity index (χ2v) is 14.4. The molecule has 2 fully saturated rings. The smallest absolute Gasteiger partial charge is 0.410 e. The van der Waals surface area contributed by atoms with Gasteiger partial charge in [-0.1, -0.05) is 20.8 Å². The maximum atomic E-state index is 12.8. The first kappa shape index (κ1) is 23.0. The summed E-state index contributed by atoms with van der Waals surface area (Å²) in [5, 5.41) is -0.000295. The van der Waals surface area contributed by atoms with Crippen LogP contribution in [0.4, 0.5) is 19.1 Å². The molecule has 0 N–H and O–H groups in total. The van der Waals surface area contributed by atoms with Crippen molar-refractivity contribution in [2.75, 3.05) is 24.5 Å². The van der Waals surface area contributed by atoms with Crippen molar-refractivity contribution in [2.24, 2.45) is 0 Å². The topological polar surface area (TPSA) is 58.6 Å². The molecule has 0 aliphatic carbocycles. The Kier molecular flexibility index (Phi) is 6.21. The van der Waals surface area contributed by atoms with Crippen LogP contribution in [0.25, 0.3) is 0 Å². The van der Waals surface area contributed by atoms with Gasteiger partial charge >= 0.3 is 6.18 Å². The quantitative estimate of drug-likeness (QED) is 0.655. The van der Waals surface area contributed by atoms with E-state index in [0.717, 1.165) is 25.4 Å². The summed E-state index contributed by atoms with van der Waals surface area (Å²) in [6.07, 6.45) is -0.953. The van der Waals surface area contributed by atoms with Gasteiger partial charge in [-0.15, -0.1) is 0 Å². The predicted octanol–water partition coefficient (Wildman–Crippen LogP) is 4.09. The van der Waals surface area contributed by atoms with Gasteiger partial charge < -0.3 is 14.2 Å². The van der Waals surface area contributed by atoms with Crippen molar-refractivity contribution in [3.63, 3.8) is 0 Å². The molecule has 30 heavy (non-hydrogen) atoms. The number of anilines is 1. The molecule has 2 aliphatic rings. The summed E-state index contributed by atoms with van der Waals surface area (Å²) in [5.41, 5.74) is -0.863. The third kappa shape index (κ3) is 4.79. The molecule has 0 saturated carbocycles. The summed E-state index contributed by atoms with van der Waals surface area (Å²) in [5.74, 6) is 0.418. The van der Waals surface area contributed by atoms with Gasteiger partial charge in [0.2, 0.25) is 11.9 Å². The second-order valence-electron chi connectivity index (χ2n) is 9.68. The minimum atomic E-state index is -4.46. The number of aromatic nitrogens is 2. The summed E-state index contributed by atoms with van der Waals surface area (Å²) >= 11 is 0. The summed E-state index contributed by atoms with van der Waals surface area (Å²) < 4.78 is 45.2. The zero-order valence-corrected chi connectivity index (χ0v) is 19.3. The molecule has 1 aromatic rings. The number of carbonyl (C=O) groups is 1. The van der Waals surface area contributed by atoms with Crippen LogP contribution in [0.15, 0.2) is 12.4 Å². The molecule has 2 atom stereocenters. The first-order chi connectivity index (χ1) is 13.8. The SMILES string of the molecule is CC(C)(C)[Si](C)(C)O[C@@H]1CN(c2ncc(C(F)(F)F)cn2)CC[C@H]1N1CCCC1=O. The van der Waals surface area contributed by atoms with Crippen LogP contribution < -0.4 is 4.90 Å². The molecule has 3 rings (SSSR count). The fourth-order valence-electron chi connectivity index (χ4n) is 3.76. The molecule has 0 unspecified atom stereocenters. The molecule has 2 saturated heterocycles. The summed E-state index contributed by atoms with van der Waals surface area (Å²) in [6.45, 7) is 12.6. The summed E-state index contributed by atoms with van der Waals surface area (Å²) in [7, 11) is -2.13. The van der Waals surface area contributed by atoms with E-state index in [1.165, 1.54) is 0 Å². The van der Waals surface area contributed by atoms with E-state index in [1.54, 1.807) is 0 Å². The average Bonchev–Trinajstić information content (AvgIpc) is 3.05. The van der Waals surface area contributed by atoms with Gasteiger partial charge in [-0.2, -0.15) is 13.2 Å². The molecular formula is C20H31F3N4O2Si. The Labute approximate surface area is 176 Å². The number of likely N-dealkylation sites (tertiary alicyclic amines) is 1. The van der Waals surface area contributed by atoms with Gasteiger partial charge in [0.15, 0.2) is 8.32 Å². The third-order valence-corrected chi connectivity index (χ3v) is 11.0. The molecule has 1 aromatic heterocycles.